The molecule has 0 atom stereocenters. The molecule has 1 fully saturated rings. The molecule has 0 spiro atoms. The van der Waals surface area contributed by atoms with Gasteiger partial charge in [-0.3, -0.25) is 0 Å². The number of hydrogen-bond acceptors (Lipinski definition) is 5. The van der Waals surface area contributed by atoms with Crippen LogP contribution in [-0.2, 0) is 11.3 Å². The van der Waals surface area contributed by atoms with E-state index in [1.165, 1.54) is 9.36 Å². The van der Waals surface area contributed by atoms with Crippen LogP contribution in [0, 0.1) is 11.3 Å². The molecule has 7 nitrogen and oxygen atoms in total. The molecule has 1 aromatic heterocycles. The predicted molar refractivity (Wildman–Crippen MR) is 62.8 cm³/mol. The molecule has 18 heavy (non-hydrogen) atoms. The highest BCUT2D eigenvalue weighted by molar-refractivity contribution is 4.93. The minimum absolute atomic E-state index is 0.196. The summed E-state index contributed by atoms with van der Waals surface area (Å²) in [5, 5.41) is 16.5. The number of aromatic nitrogens is 4. The maximum absolute atomic E-state index is 11.9. The summed E-state index contributed by atoms with van der Waals surface area (Å²) in [6.45, 7) is 3.95. The lowest BCUT2D eigenvalue weighted by atomic mass is 9.93. The lowest BCUT2D eigenvalue weighted by molar-refractivity contribution is 0.0189. The molecule has 0 saturated heterocycles. The molecule has 0 aromatic carbocycles. The molecule has 0 aliphatic heterocycles. The Morgan fingerprint density at radius 3 is 2.78 bits per heavy atom. The molecule has 2 rings (SSSR count). The minimum atomic E-state index is -0.840. The Morgan fingerprint density at radius 1 is 1.50 bits per heavy atom. The highest BCUT2D eigenvalue weighted by atomic mass is 16.5. The van der Waals surface area contributed by atoms with Crippen molar-refractivity contribution in [2.24, 2.45) is 0 Å². The number of hydrogen-bond donors (Lipinski definition) is 0. The third-order valence-electron chi connectivity index (χ3n) is 3.12. The van der Waals surface area contributed by atoms with E-state index >= 15 is 0 Å². The number of rotatable bonds is 5. The standard InChI is InChI=1S/C11H17N5O2/c1-11(2,8-12)18-7-6-15-10(17)16(14-13-15)9-4-3-5-9/h9H,3-7H2,1-2H3. The molecular formula is C11H17N5O2. The van der Waals surface area contributed by atoms with Crippen LogP contribution in [0.5, 0.6) is 0 Å². The second-order valence-corrected chi connectivity index (χ2v) is 4.98. The molecule has 1 aliphatic rings. The Balaban J connectivity index is 1.93. The SMILES string of the molecule is CC(C)(C#N)OCCn1nnn(C2CCC2)c1=O. The smallest absolute Gasteiger partial charge is 0.359 e. The van der Waals surface area contributed by atoms with Crippen LogP contribution in [-0.4, -0.2) is 32.0 Å². The first-order valence-corrected chi connectivity index (χ1v) is 6.11. The maximum Gasteiger partial charge on any atom is 0.364 e. The third kappa shape index (κ3) is 2.59. The van der Waals surface area contributed by atoms with E-state index in [9.17, 15) is 4.79 Å². The largest absolute Gasteiger partial charge is 0.364 e. The number of tetrazole rings is 1. The van der Waals surface area contributed by atoms with Crippen LogP contribution in [0.4, 0.5) is 0 Å². The van der Waals surface area contributed by atoms with E-state index in [0.717, 1.165) is 19.3 Å². The molecule has 1 heterocycles. The van der Waals surface area contributed by atoms with Gasteiger partial charge in [-0.25, -0.2) is 4.79 Å². The van der Waals surface area contributed by atoms with Crippen LogP contribution in [0.2, 0.25) is 0 Å². The van der Waals surface area contributed by atoms with Crippen LogP contribution in [0.15, 0.2) is 4.79 Å². The van der Waals surface area contributed by atoms with Crippen LogP contribution >= 0.6 is 0 Å². The summed E-state index contributed by atoms with van der Waals surface area (Å²) in [5.74, 6) is 0. The molecule has 7 heteroatoms. The van der Waals surface area contributed by atoms with Gasteiger partial charge in [-0.05, 0) is 43.5 Å². The molecule has 1 aliphatic carbocycles. The fourth-order valence-corrected chi connectivity index (χ4v) is 1.71. The Bertz CT molecular complexity index is 506. The average Bonchev–Trinajstić information content (AvgIpc) is 2.60. The number of ether oxygens (including phenoxy) is 1. The third-order valence-corrected chi connectivity index (χ3v) is 3.12. The van der Waals surface area contributed by atoms with Gasteiger partial charge in [-0.1, -0.05) is 0 Å². The van der Waals surface area contributed by atoms with Crippen molar-refractivity contribution in [1.29, 1.82) is 5.26 Å². The van der Waals surface area contributed by atoms with E-state index in [-0.39, 0.29) is 18.3 Å². The fraction of sp³-hybridized carbons (Fsp3) is 0.818. The van der Waals surface area contributed by atoms with Crippen molar-refractivity contribution in [2.45, 2.75) is 51.3 Å². The summed E-state index contributed by atoms with van der Waals surface area (Å²) in [6, 6.07) is 2.24. The molecule has 0 amide bonds. The Hall–Kier alpha value is -1.68. The molecule has 0 N–H and O–H groups in total. The van der Waals surface area contributed by atoms with E-state index in [1.54, 1.807) is 13.8 Å². The number of nitriles is 1. The molecular weight excluding hydrogens is 234 g/mol. The highest BCUT2D eigenvalue weighted by Crippen LogP contribution is 2.28. The summed E-state index contributed by atoms with van der Waals surface area (Å²) in [4.78, 5) is 11.9. The van der Waals surface area contributed by atoms with Crippen molar-refractivity contribution >= 4 is 0 Å². The molecule has 98 valence electrons. The van der Waals surface area contributed by atoms with Gasteiger partial charge in [-0.2, -0.15) is 14.6 Å². The summed E-state index contributed by atoms with van der Waals surface area (Å²) >= 11 is 0. The molecule has 0 bridgehead atoms. The first kappa shape index (κ1) is 12.8. The topological polar surface area (TPSA) is 85.7 Å². The van der Waals surface area contributed by atoms with Crippen LogP contribution < -0.4 is 5.69 Å². The van der Waals surface area contributed by atoms with Crippen molar-refractivity contribution in [2.75, 3.05) is 6.61 Å². The molecule has 0 unspecified atom stereocenters. The van der Waals surface area contributed by atoms with Crippen molar-refractivity contribution in [3.05, 3.63) is 10.5 Å². The van der Waals surface area contributed by atoms with Crippen LogP contribution in [0.1, 0.15) is 39.2 Å². The van der Waals surface area contributed by atoms with Gasteiger partial charge in [0.25, 0.3) is 0 Å². The summed E-state index contributed by atoms with van der Waals surface area (Å²) in [5.41, 5.74) is -1.04. The molecule has 1 saturated carbocycles. The monoisotopic (exact) mass is 251 g/mol. The van der Waals surface area contributed by atoms with Crippen molar-refractivity contribution in [1.82, 2.24) is 19.8 Å². The van der Waals surface area contributed by atoms with Gasteiger partial charge < -0.3 is 4.74 Å². The summed E-state index contributed by atoms with van der Waals surface area (Å²) < 4.78 is 8.08. The Labute approximate surface area is 105 Å². The maximum atomic E-state index is 11.9. The lowest BCUT2D eigenvalue weighted by Crippen LogP contribution is -2.33. The first-order chi connectivity index (χ1) is 8.53. The highest BCUT2D eigenvalue weighted by Gasteiger charge is 2.24. The Kier molecular flexibility index (Phi) is 3.48. The Morgan fingerprint density at radius 2 is 2.22 bits per heavy atom. The average molecular weight is 251 g/mol. The van der Waals surface area contributed by atoms with E-state index in [2.05, 4.69) is 10.4 Å². The van der Waals surface area contributed by atoms with Gasteiger partial charge in [-0.15, -0.1) is 0 Å². The fourth-order valence-electron chi connectivity index (χ4n) is 1.71. The van der Waals surface area contributed by atoms with E-state index in [0.29, 0.717) is 6.54 Å². The first-order valence-electron chi connectivity index (χ1n) is 6.11. The second-order valence-electron chi connectivity index (χ2n) is 4.98. The summed E-state index contributed by atoms with van der Waals surface area (Å²) in [7, 11) is 0. The van der Waals surface area contributed by atoms with Gasteiger partial charge in [0.05, 0.1) is 25.3 Å². The van der Waals surface area contributed by atoms with Gasteiger partial charge >= 0.3 is 5.69 Å². The zero-order valence-corrected chi connectivity index (χ0v) is 10.7. The zero-order chi connectivity index (χ0) is 13.2. The molecule has 1 aromatic rings. The second kappa shape index (κ2) is 4.90. The van der Waals surface area contributed by atoms with E-state index < -0.39 is 5.60 Å². The van der Waals surface area contributed by atoms with E-state index in [4.69, 9.17) is 10.00 Å². The van der Waals surface area contributed by atoms with Crippen LogP contribution in [0.25, 0.3) is 0 Å². The van der Waals surface area contributed by atoms with Gasteiger partial charge in [0, 0.05) is 0 Å². The predicted octanol–water partition coefficient (Wildman–Crippen LogP) is 0.484. The van der Waals surface area contributed by atoms with E-state index in [1.807, 2.05) is 6.07 Å². The van der Waals surface area contributed by atoms with Crippen molar-refractivity contribution in [3.63, 3.8) is 0 Å². The number of nitrogens with zero attached hydrogens (tertiary/aromatic N) is 5. The lowest BCUT2D eigenvalue weighted by Gasteiger charge is -2.23. The quantitative estimate of drug-likeness (QED) is 0.760. The normalized spacial score (nSPS) is 16.3. The summed E-state index contributed by atoms with van der Waals surface area (Å²) in [6.07, 6.45) is 3.14. The van der Waals surface area contributed by atoms with Gasteiger partial charge in [0.2, 0.25) is 0 Å². The molecule has 0 radical (unpaired) electrons. The van der Waals surface area contributed by atoms with Crippen LogP contribution in [0.3, 0.4) is 0 Å². The van der Waals surface area contributed by atoms with Gasteiger partial charge in [0.1, 0.15) is 5.60 Å². The van der Waals surface area contributed by atoms with Crippen molar-refractivity contribution in [3.8, 4) is 6.07 Å². The minimum Gasteiger partial charge on any atom is -0.359 e. The zero-order valence-electron chi connectivity index (χ0n) is 10.7. The van der Waals surface area contributed by atoms with Crippen molar-refractivity contribution < 1.29 is 4.74 Å². The van der Waals surface area contributed by atoms with Gasteiger partial charge in [0.15, 0.2) is 0 Å².